The van der Waals surface area contributed by atoms with E-state index in [1.165, 1.54) is 0 Å². The quantitative estimate of drug-likeness (QED) is 0.692. The van der Waals surface area contributed by atoms with Gasteiger partial charge in [-0.2, -0.15) is 0 Å². The Labute approximate surface area is 103 Å². The number of ether oxygens (including phenoxy) is 1. The Balaban J connectivity index is 1.58. The molecule has 2 N–H and O–H groups in total. The van der Waals surface area contributed by atoms with E-state index >= 15 is 0 Å². The lowest BCUT2D eigenvalue weighted by Gasteiger charge is -2.27. The molecular formula is C12H23N3O2. The van der Waals surface area contributed by atoms with Gasteiger partial charge in [0, 0.05) is 58.4 Å². The number of carbonyl (C=O) groups is 1. The lowest BCUT2D eigenvalue weighted by atomic mass is 9.99. The number of piperazine rings is 1. The van der Waals surface area contributed by atoms with Crippen LogP contribution in [0, 0.1) is 5.92 Å². The molecule has 2 aliphatic rings. The number of hydrogen-bond acceptors (Lipinski definition) is 4. The maximum atomic E-state index is 11.8. The molecule has 0 aromatic heterocycles. The predicted molar refractivity (Wildman–Crippen MR) is 65.9 cm³/mol. The Morgan fingerprint density at radius 3 is 2.71 bits per heavy atom. The molecule has 1 amide bonds. The van der Waals surface area contributed by atoms with Crippen molar-refractivity contribution >= 4 is 5.91 Å². The summed E-state index contributed by atoms with van der Waals surface area (Å²) in [6.45, 7) is 7.51. The Morgan fingerprint density at radius 1 is 1.29 bits per heavy atom. The van der Waals surface area contributed by atoms with Crippen LogP contribution in [0.3, 0.4) is 0 Å². The zero-order chi connectivity index (χ0) is 11.9. The van der Waals surface area contributed by atoms with Gasteiger partial charge < -0.3 is 15.4 Å². The molecule has 17 heavy (non-hydrogen) atoms. The summed E-state index contributed by atoms with van der Waals surface area (Å²) in [6.07, 6.45) is 1.75. The van der Waals surface area contributed by atoms with E-state index in [0.717, 1.165) is 65.3 Å². The molecule has 0 spiro atoms. The van der Waals surface area contributed by atoms with Crippen LogP contribution in [0.2, 0.25) is 0 Å². The lowest BCUT2D eigenvalue weighted by molar-refractivity contribution is -0.127. The molecule has 2 rings (SSSR count). The molecule has 5 nitrogen and oxygen atoms in total. The summed E-state index contributed by atoms with van der Waals surface area (Å²) < 4.78 is 5.25. The van der Waals surface area contributed by atoms with E-state index in [0.29, 0.717) is 0 Å². The molecule has 2 aliphatic heterocycles. The standard InChI is InChI=1S/C12H23N3O2/c16-12(11-1-9-17-10-2-11)14-5-8-15-6-3-13-4-7-15/h11,13H,1-10H2,(H,14,16). The second kappa shape index (κ2) is 6.93. The van der Waals surface area contributed by atoms with Crippen LogP contribution in [0.15, 0.2) is 0 Å². The molecule has 2 heterocycles. The van der Waals surface area contributed by atoms with E-state index in [4.69, 9.17) is 4.74 Å². The Morgan fingerprint density at radius 2 is 2.00 bits per heavy atom. The van der Waals surface area contributed by atoms with Crippen LogP contribution in [0.25, 0.3) is 0 Å². The van der Waals surface area contributed by atoms with Gasteiger partial charge in [-0.25, -0.2) is 0 Å². The summed E-state index contributed by atoms with van der Waals surface area (Å²) in [7, 11) is 0. The fourth-order valence-electron chi connectivity index (χ4n) is 2.38. The summed E-state index contributed by atoms with van der Waals surface area (Å²) in [5.74, 6) is 0.384. The van der Waals surface area contributed by atoms with Gasteiger partial charge in [0.25, 0.3) is 0 Å². The molecule has 0 radical (unpaired) electrons. The average Bonchev–Trinajstić information content (AvgIpc) is 2.41. The van der Waals surface area contributed by atoms with Gasteiger partial charge >= 0.3 is 0 Å². The van der Waals surface area contributed by atoms with Crippen LogP contribution in [0.5, 0.6) is 0 Å². The topological polar surface area (TPSA) is 53.6 Å². The lowest BCUT2D eigenvalue weighted by Crippen LogP contribution is -2.46. The van der Waals surface area contributed by atoms with E-state index in [2.05, 4.69) is 15.5 Å². The fraction of sp³-hybridized carbons (Fsp3) is 0.917. The minimum Gasteiger partial charge on any atom is -0.381 e. The number of nitrogens with one attached hydrogen (secondary N) is 2. The van der Waals surface area contributed by atoms with Crippen LogP contribution in [-0.4, -0.2) is 63.3 Å². The summed E-state index contributed by atoms with van der Waals surface area (Å²) in [5, 5.41) is 6.37. The van der Waals surface area contributed by atoms with Gasteiger partial charge in [0.2, 0.25) is 5.91 Å². The normalized spacial score (nSPS) is 23.5. The smallest absolute Gasteiger partial charge is 0.223 e. The van der Waals surface area contributed by atoms with E-state index in [1.807, 2.05) is 0 Å². The first-order chi connectivity index (χ1) is 8.36. The third-order valence-electron chi connectivity index (χ3n) is 3.53. The van der Waals surface area contributed by atoms with E-state index in [1.54, 1.807) is 0 Å². The monoisotopic (exact) mass is 241 g/mol. The molecule has 0 aromatic carbocycles. The number of nitrogens with zero attached hydrogens (tertiary/aromatic N) is 1. The van der Waals surface area contributed by atoms with Crippen LogP contribution < -0.4 is 10.6 Å². The third kappa shape index (κ3) is 4.26. The first kappa shape index (κ1) is 12.8. The van der Waals surface area contributed by atoms with Crippen LogP contribution >= 0.6 is 0 Å². The van der Waals surface area contributed by atoms with Gasteiger partial charge in [-0.3, -0.25) is 9.69 Å². The van der Waals surface area contributed by atoms with Crippen molar-refractivity contribution in [2.75, 3.05) is 52.5 Å². The average molecular weight is 241 g/mol. The minimum absolute atomic E-state index is 0.173. The SMILES string of the molecule is O=C(NCCN1CCNCC1)C1CCOCC1. The zero-order valence-electron chi connectivity index (χ0n) is 10.4. The Kier molecular flexibility index (Phi) is 5.22. The van der Waals surface area contributed by atoms with Crippen molar-refractivity contribution in [1.82, 2.24) is 15.5 Å². The number of hydrogen-bond donors (Lipinski definition) is 2. The molecule has 2 fully saturated rings. The third-order valence-corrected chi connectivity index (χ3v) is 3.53. The molecule has 0 saturated carbocycles. The van der Waals surface area contributed by atoms with Gasteiger partial charge in [-0.05, 0) is 12.8 Å². The molecule has 0 atom stereocenters. The van der Waals surface area contributed by atoms with Gasteiger partial charge in [-0.15, -0.1) is 0 Å². The van der Waals surface area contributed by atoms with Crippen molar-refractivity contribution in [3.8, 4) is 0 Å². The van der Waals surface area contributed by atoms with Crippen molar-refractivity contribution in [2.45, 2.75) is 12.8 Å². The van der Waals surface area contributed by atoms with Crippen LogP contribution in [0.1, 0.15) is 12.8 Å². The number of carbonyl (C=O) groups excluding carboxylic acids is 1. The highest BCUT2D eigenvalue weighted by Gasteiger charge is 2.21. The zero-order valence-corrected chi connectivity index (χ0v) is 10.4. The largest absolute Gasteiger partial charge is 0.381 e. The first-order valence-corrected chi connectivity index (χ1v) is 6.65. The maximum Gasteiger partial charge on any atom is 0.223 e. The predicted octanol–water partition coefficient (Wildman–Crippen LogP) is -0.566. The summed E-state index contributed by atoms with van der Waals surface area (Å²) in [5.41, 5.74) is 0. The molecule has 0 aromatic rings. The van der Waals surface area contributed by atoms with E-state index in [9.17, 15) is 4.79 Å². The molecule has 98 valence electrons. The number of rotatable bonds is 4. The first-order valence-electron chi connectivity index (χ1n) is 6.65. The summed E-state index contributed by atoms with van der Waals surface area (Å²) in [4.78, 5) is 14.2. The molecule has 2 saturated heterocycles. The molecular weight excluding hydrogens is 218 g/mol. The van der Waals surface area contributed by atoms with E-state index < -0.39 is 0 Å². The molecule has 0 bridgehead atoms. The molecule has 5 heteroatoms. The van der Waals surface area contributed by atoms with Crippen LogP contribution in [-0.2, 0) is 9.53 Å². The highest BCUT2D eigenvalue weighted by atomic mass is 16.5. The van der Waals surface area contributed by atoms with Crippen LogP contribution in [0.4, 0.5) is 0 Å². The highest BCUT2D eigenvalue weighted by Crippen LogP contribution is 2.14. The Hall–Kier alpha value is -0.650. The molecule has 0 unspecified atom stereocenters. The van der Waals surface area contributed by atoms with Crippen molar-refractivity contribution in [1.29, 1.82) is 0 Å². The van der Waals surface area contributed by atoms with Gasteiger partial charge in [-0.1, -0.05) is 0 Å². The highest BCUT2D eigenvalue weighted by molar-refractivity contribution is 5.78. The minimum atomic E-state index is 0.173. The maximum absolute atomic E-state index is 11.8. The Bertz CT molecular complexity index is 236. The molecule has 0 aliphatic carbocycles. The van der Waals surface area contributed by atoms with Crippen molar-refractivity contribution < 1.29 is 9.53 Å². The fourth-order valence-corrected chi connectivity index (χ4v) is 2.38. The van der Waals surface area contributed by atoms with Crippen molar-refractivity contribution in [3.05, 3.63) is 0 Å². The summed E-state index contributed by atoms with van der Waals surface area (Å²) in [6, 6.07) is 0. The van der Waals surface area contributed by atoms with Gasteiger partial charge in [0.15, 0.2) is 0 Å². The second-order valence-corrected chi connectivity index (χ2v) is 4.77. The van der Waals surface area contributed by atoms with Crippen molar-refractivity contribution in [2.24, 2.45) is 5.92 Å². The van der Waals surface area contributed by atoms with E-state index in [-0.39, 0.29) is 11.8 Å². The van der Waals surface area contributed by atoms with Gasteiger partial charge in [0.1, 0.15) is 0 Å². The summed E-state index contributed by atoms with van der Waals surface area (Å²) >= 11 is 0. The van der Waals surface area contributed by atoms with Gasteiger partial charge in [0.05, 0.1) is 0 Å². The van der Waals surface area contributed by atoms with Crippen molar-refractivity contribution in [3.63, 3.8) is 0 Å². The second-order valence-electron chi connectivity index (χ2n) is 4.77. The number of amides is 1.